The lowest BCUT2D eigenvalue weighted by Gasteiger charge is -2.26. The molecule has 140 valence electrons. The summed E-state index contributed by atoms with van der Waals surface area (Å²) in [5.41, 5.74) is 3.50. The van der Waals surface area contributed by atoms with Crippen LogP contribution in [0.2, 0.25) is 0 Å². The summed E-state index contributed by atoms with van der Waals surface area (Å²) in [5.74, 6) is 1.29. The van der Waals surface area contributed by atoms with E-state index in [0.29, 0.717) is 11.7 Å². The minimum Gasteiger partial charge on any atom is -0.379 e. The molecule has 2 aliphatic heterocycles. The maximum absolute atomic E-state index is 5.59. The number of fused-ring (bicyclic) bond motifs is 1. The van der Waals surface area contributed by atoms with Crippen LogP contribution in [-0.4, -0.2) is 51.1 Å². The second kappa shape index (κ2) is 7.25. The number of hydrogen-bond donors (Lipinski definition) is 0. The highest BCUT2D eigenvalue weighted by molar-refractivity contribution is 5.54. The molecular formula is C20H23N5O2. The van der Waals surface area contributed by atoms with Crippen molar-refractivity contribution in [2.75, 3.05) is 26.3 Å². The molecule has 2 aliphatic rings. The molecule has 27 heavy (non-hydrogen) atoms. The minimum absolute atomic E-state index is 0.0468. The molecule has 7 heteroatoms. The van der Waals surface area contributed by atoms with Crippen molar-refractivity contribution >= 4 is 0 Å². The Kier molecular flexibility index (Phi) is 4.47. The number of aryl methyl sites for hydroxylation is 1. The average Bonchev–Trinajstić information content (AvgIpc) is 3.39. The molecule has 5 rings (SSSR count). The minimum atomic E-state index is 0.0468. The highest BCUT2D eigenvalue weighted by Crippen LogP contribution is 2.30. The van der Waals surface area contributed by atoms with E-state index in [1.807, 2.05) is 10.9 Å². The zero-order chi connectivity index (χ0) is 18.1. The first-order valence-corrected chi connectivity index (χ1v) is 9.62. The Bertz CT molecular complexity index is 895. The molecule has 2 aromatic heterocycles. The molecule has 0 N–H and O–H groups in total. The van der Waals surface area contributed by atoms with Crippen LogP contribution in [0.3, 0.4) is 0 Å². The van der Waals surface area contributed by atoms with Gasteiger partial charge in [0, 0.05) is 37.1 Å². The molecule has 0 bridgehead atoms. The molecular weight excluding hydrogens is 342 g/mol. The van der Waals surface area contributed by atoms with Gasteiger partial charge in [-0.1, -0.05) is 29.4 Å². The molecule has 0 amide bonds. The van der Waals surface area contributed by atoms with Gasteiger partial charge in [0.1, 0.15) is 6.04 Å². The van der Waals surface area contributed by atoms with Crippen LogP contribution in [0.1, 0.15) is 36.0 Å². The van der Waals surface area contributed by atoms with E-state index in [-0.39, 0.29) is 6.04 Å². The molecule has 1 unspecified atom stereocenters. The SMILES string of the molecule is c1cc2n(n1)C(c1nc(-c3ccc(CN4CCOCC4)cc3)no1)CCC2. The first-order valence-electron chi connectivity index (χ1n) is 9.62. The van der Waals surface area contributed by atoms with Crippen LogP contribution < -0.4 is 0 Å². The normalized spacial score (nSPS) is 20.5. The lowest BCUT2D eigenvalue weighted by atomic mass is 10.0. The predicted molar refractivity (Wildman–Crippen MR) is 99.1 cm³/mol. The smallest absolute Gasteiger partial charge is 0.251 e. The standard InChI is InChI=1S/C20H23N5O2/c1-2-17-8-9-21-25(17)18(3-1)20-22-19(23-27-20)16-6-4-15(5-7-16)14-24-10-12-26-13-11-24/h4-9,18H,1-3,10-14H2. The largest absolute Gasteiger partial charge is 0.379 e. The predicted octanol–water partition coefficient (Wildman–Crippen LogP) is 2.69. The fraction of sp³-hybridized carbons (Fsp3) is 0.450. The summed E-state index contributed by atoms with van der Waals surface area (Å²) in [5, 5.41) is 8.65. The number of aromatic nitrogens is 4. The van der Waals surface area contributed by atoms with Gasteiger partial charge in [0.05, 0.1) is 13.2 Å². The fourth-order valence-electron chi connectivity index (χ4n) is 3.91. The van der Waals surface area contributed by atoms with Gasteiger partial charge in [-0.15, -0.1) is 0 Å². The Morgan fingerprint density at radius 3 is 2.78 bits per heavy atom. The zero-order valence-corrected chi connectivity index (χ0v) is 15.3. The van der Waals surface area contributed by atoms with Gasteiger partial charge in [-0.2, -0.15) is 10.1 Å². The number of morpholine rings is 1. The van der Waals surface area contributed by atoms with E-state index in [9.17, 15) is 0 Å². The van der Waals surface area contributed by atoms with E-state index < -0.39 is 0 Å². The Morgan fingerprint density at radius 2 is 1.93 bits per heavy atom. The van der Waals surface area contributed by atoms with Crippen molar-refractivity contribution in [3.05, 3.63) is 53.7 Å². The summed E-state index contributed by atoms with van der Waals surface area (Å²) in [6, 6.07) is 10.6. The zero-order valence-electron chi connectivity index (χ0n) is 15.3. The van der Waals surface area contributed by atoms with Crippen molar-refractivity contribution in [3.63, 3.8) is 0 Å². The third-order valence-corrected chi connectivity index (χ3v) is 5.41. The van der Waals surface area contributed by atoms with Gasteiger partial charge in [-0.05, 0) is 30.9 Å². The number of benzene rings is 1. The van der Waals surface area contributed by atoms with Crippen molar-refractivity contribution in [2.45, 2.75) is 31.8 Å². The summed E-state index contributed by atoms with van der Waals surface area (Å²) < 4.78 is 13.0. The van der Waals surface area contributed by atoms with Gasteiger partial charge in [0.2, 0.25) is 5.82 Å². The monoisotopic (exact) mass is 365 g/mol. The van der Waals surface area contributed by atoms with Crippen molar-refractivity contribution < 1.29 is 9.26 Å². The third-order valence-electron chi connectivity index (χ3n) is 5.41. The van der Waals surface area contributed by atoms with Crippen molar-refractivity contribution in [1.29, 1.82) is 0 Å². The average molecular weight is 365 g/mol. The van der Waals surface area contributed by atoms with E-state index in [1.165, 1.54) is 11.3 Å². The Balaban J connectivity index is 1.31. The van der Waals surface area contributed by atoms with Crippen LogP contribution in [0.4, 0.5) is 0 Å². The molecule has 0 aliphatic carbocycles. The Labute approximate surface area is 157 Å². The van der Waals surface area contributed by atoms with Crippen LogP contribution in [0.15, 0.2) is 41.1 Å². The van der Waals surface area contributed by atoms with Crippen molar-refractivity contribution in [2.24, 2.45) is 0 Å². The first-order chi connectivity index (χ1) is 13.4. The molecule has 1 fully saturated rings. The lowest BCUT2D eigenvalue weighted by Crippen LogP contribution is -2.35. The second-order valence-electron chi connectivity index (χ2n) is 7.22. The summed E-state index contributed by atoms with van der Waals surface area (Å²) in [4.78, 5) is 7.07. The topological polar surface area (TPSA) is 69.2 Å². The maximum atomic E-state index is 5.59. The van der Waals surface area contributed by atoms with Crippen molar-refractivity contribution in [1.82, 2.24) is 24.8 Å². The van der Waals surface area contributed by atoms with Gasteiger partial charge in [0.25, 0.3) is 5.89 Å². The molecule has 7 nitrogen and oxygen atoms in total. The number of rotatable bonds is 4. The van der Waals surface area contributed by atoms with Crippen LogP contribution in [0, 0.1) is 0 Å². The maximum Gasteiger partial charge on any atom is 0.251 e. The van der Waals surface area contributed by atoms with E-state index in [2.05, 4.69) is 50.5 Å². The number of nitrogens with zero attached hydrogens (tertiary/aromatic N) is 5. The second-order valence-corrected chi connectivity index (χ2v) is 7.22. The molecule has 4 heterocycles. The van der Waals surface area contributed by atoms with Gasteiger partial charge < -0.3 is 9.26 Å². The molecule has 3 aromatic rings. The molecule has 1 saturated heterocycles. The summed E-state index contributed by atoms with van der Waals surface area (Å²) in [6.45, 7) is 4.58. The van der Waals surface area contributed by atoms with Gasteiger partial charge in [0.15, 0.2) is 0 Å². The van der Waals surface area contributed by atoms with E-state index in [1.54, 1.807) is 0 Å². The summed E-state index contributed by atoms with van der Waals surface area (Å²) in [7, 11) is 0. The van der Waals surface area contributed by atoms with Gasteiger partial charge in [-0.25, -0.2) is 0 Å². The van der Waals surface area contributed by atoms with E-state index in [4.69, 9.17) is 9.26 Å². The van der Waals surface area contributed by atoms with Crippen LogP contribution in [0.25, 0.3) is 11.4 Å². The highest BCUT2D eigenvalue weighted by Gasteiger charge is 2.27. The molecule has 1 aromatic carbocycles. The quantitative estimate of drug-likeness (QED) is 0.708. The summed E-state index contributed by atoms with van der Waals surface area (Å²) in [6.07, 6.45) is 5.00. The van der Waals surface area contributed by atoms with Crippen LogP contribution >= 0.6 is 0 Å². The van der Waals surface area contributed by atoms with Gasteiger partial charge in [-0.3, -0.25) is 9.58 Å². The van der Waals surface area contributed by atoms with E-state index >= 15 is 0 Å². The lowest BCUT2D eigenvalue weighted by molar-refractivity contribution is 0.0342. The number of ether oxygens (including phenoxy) is 1. The Morgan fingerprint density at radius 1 is 1.07 bits per heavy atom. The molecule has 0 spiro atoms. The highest BCUT2D eigenvalue weighted by atomic mass is 16.5. The van der Waals surface area contributed by atoms with E-state index in [0.717, 1.165) is 57.7 Å². The fourth-order valence-corrected chi connectivity index (χ4v) is 3.91. The number of hydrogen-bond acceptors (Lipinski definition) is 6. The molecule has 1 atom stereocenters. The first kappa shape index (κ1) is 16.6. The third kappa shape index (κ3) is 3.40. The molecule has 0 saturated carbocycles. The molecule has 0 radical (unpaired) electrons. The Hall–Kier alpha value is -2.51. The van der Waals surface area contributed by atoms with Crippen LogP contribution in [0.5, 0.6) is 0 Å². The van der Waals surface area contributed by atoms with Gasteiger partial charge >= 0.3 is 0 Å². The van der Waals surface area contributed by atoms with Crippen molar-refractivity contribution in [3.8, 4) is 11.4 Å². The van der Waals surface area contributed by atoms with Crippen LogP contribution in [-0.2, 0) is 17.7 Å². The summed E-state index contributed by atoms with van der Waals surface area (Å²) >= 11 is 0.